The van der Waals surface area contributed by atoms with Crippen molar-refractivity contribution in [2.45, 2.75) is 38.8 Å². The van der Waals surface area contributed by atoms with Crippen molar-refractivity contribution < 1.29 is 9.47 Å². The first-order chi connectivity index (χ1) is 10.2. The molecule has 1 aromatic carbocycles. The van der Waals surface area contributed by atoms with E-state index in [1.807, 2.05) is 18.2 Å². The van der Waals surface area contributed by atoms with Gasteiger partial charge in [0.15, 0.2) is 0 Å². The average molecular weight is 292 g/mol. The molecule has 2 rings (SSSR count). The van der Waals surface area contributed by atoms with Crippen LogP contribution < -0.4 is 14.8 Å². The van der Waals surface area contributed by atoms with Crippen molar-refractivity contribution in [2.24, 2.45) is 0 Å². The zero-order valence-corrected chi connectivity index (χ0v) is 13.7. The Kier molecular flexibility index (Phi) is 5.88. The predicted molar refractivity (Wildman–Crippen MR) is 86.2 cm³/mol. The van der Waals surface area contributed by atoms with Gasteiger partial charge in [0.05, 0.1) is 12.7 Å². The molecule has 1 fully saturated rings. The maximum Gasteiger partial charge on any atom is 0.127 e. The minimum absolute atomic E-state index is 0.210. The monoisotopic (exact) mass is 292 g/mol. The molecule has 0 aromatic heterocycles. The van der Waals surface area contributed by atoms with Crippen molar-refractivity contribution in [3.8, 4) is 11.5 Å². The normalized spacial score (nSPS) is 16.0. The molecule has 1 N–H and O–H groups in total. The van der Waals surface area contributed by atoms with Crippen LogP contribution in [0.4, 0.5) is 0 Å². The number of rotatable bonds is 9. The number of nitrogens with zero attached hydrogens (tertiary/aromatic N) is 1. The third kappa shape index (κ3) is 4.35. The van der Waals surface area contributed by atoms with E-state index in [1.165, 1.54) is 12.8 Å². The molecule has 1 aromatic rings. The summed E-state index contributed by atoms with van der Waals surface area (Å²) in [5, 5.41) is 3.43. The third-order valence-electron chi connectivity index (χ3n) is 4.06. The van der Waals surface area contributed by atoms with E-state index >= 15 is 0 Å². The summed E-state index contributed by atoms with van der Waals surface area (Å²) in [4.78, 5) is 2.38. The smallest absolute Gasteiger partial charge is 0.127 e. The van der Waals surface area contributed by atoms with Gasteiger partial charge in [0.1, 0.15) is 18.1 Å². The van der Waals surface area contributed by atoms with Gasteiger partial charge in [-0.1, -0.05) is 13.0 Å². The molecule has 1 unspecified atom stereocenters. The second-order valence-corrected chi connectivity index (χ2v) is 5.71. The Balaban J connectivity index is 2.02. The van der Waals surface area contributed by atoms with E-state index in [-0.39, 0.29) is 6.04 Å². The summed E-state index contributed by atoms with van der Waals surface area (Å²) in [5.41, 5.74) is 1.11. The Morgan fingerprint density at radius 3 is 2.67 bits per heavy atom. The fourth-order valence-corrected chi connectivity index (χ4v) is 2.66. The van der Waals surface area contributed by atoms with E-state index in [1.54, 1.807) is 7.11 Å². The Morgan fingerprint density at radius 2 is 2.05 bits per heavy atom. The van der Waals surface area contributed by atoms with Gasteiger partial charge in [-0.3, -0.25) is 0 Å². The summed E-state index contributed by atoms with van der Waals surface area (Å²) in [7, 11) is 3.89. The van der Waals surface area contributed by atoms with Gasteiger partial charge >= 0.3 is 0 Å². The standard InChI is InChI=1S/C17H28N2O2/c1-5-18-13(2)17-15(20-4)7-6-8-16(17)21-12-11-19(3)14-9-10-14/h6-8,13-14,18H,5,9-12H2,1-4H3. The summed E-state index contributed by atoms with van der Waals surface area (Å²) >= 11 is 0. The summed E-state index contributed by atoms with van der Waals surface area (Å²) in [6.07, 6.45) is 2.66. The Bertz CT molecular complexity index is 446. The minimum atomic E-state index is 0.210. The molecule has 4 nitrogen and oxygen atoms in total. The Hall–Kier alpha value is -1.26. The Labute approximate surface area is 128 Å². The van der Waals surface area contributed by atoms with E-state index in [4.69, 9.17) is 9.47 Å². The first kappa shape index (κ1) is 16.1. The lowest BCUT2D eigenvalue weighted by Crippen LogP contribution is -2.26. The number of methoxy groups -OCH3 is 1. The number of benzene rings is 1. The lowest BCUT2D eigenvalue weighted by molar-refractivity contribution is 0.228. The molecule has 0 amide bonds. The van der Waals surface area contributed by atoms with Gasteiger partial charge in [0.25, 0.3) is 0 Å². The highest BCUT2D eigenvalue weighted by Gasteiger charge is 2.25. The van der Waals surface area contributed by atoms with E-state index < -0.39 is 0 Å². The topological polar surface area (TPSA) is 33.7 Å². The van der Waals surface area contributed by atoms with E-state index in [0.29, 0.717) is 6.61 Å². The summed E-state index contributed by atoms with van der Waals surface area (Å²) in [6.45, 7) is 6.85. The highest BCUT2D eigenvalue weighted by atomic mass is 16.5. The van der Waals surface area contributed by atoms with Crippen LogP contribution in [0.2, 0.25) is 0 Å². The molecule has 0 spiro atoms. The van der Waals surface area contributed by atoms with Crippen LogP contribution in [0.3, 0.4) is 0 Å². The lowest BCUT2D eigenvalue weighted by atomic mass is 10.1. The SMILES string of the molecule is CCNC(C)c1c(OC)cccc1OCCN(C)C1CC1. The summed E-state index contributed by atoms with van der Waals surface area (Å²) < 4.78 is 11.5. The molecule has 118 valence electrons. The first-order valence-corrected chi connectivity index (χ1v) is 7.90. The van der Waals surface area contributed by atoms with Crippen LogP contribution in [0.15, 0.2) is 18.2 Å². The van der Waals surface area contributed by atoms with E-state index in [2.05, 4.69) is 31.1 Å². The molecule has 1 aliphatic carbocycles. The highest BCUT2D eigenvalue weighted by molar-refractivity contribution is 5.46. The fourth-order valence-electron chi connectivity index (χ4n) is 2.66. The van der Waals surface area contributed by atoms with Crippen LogP contribution in [0, 0.1) is 0 Å². The van der Waals surface area contributed by atoms with Gasteiger partial charge in [-0.15, -0.1) is 0 Å². The molecule has 0 aliphatic heterocycles. The van der Waals surface area contributed by atoms with Crippen LogP contribution in [0.1, 0.15) is 38.3 Å². The molecule has 0 radical (unpaired) electrons. The van der Waals surface area contributed by atoms with Gasteiger partial charge in [-0.2, -0.15) is 0 Å². The molecule has 1 aliphatic rings. The largest absolute Gasteiger partial charge is 0.496 e. The number of ether oxygens (including phenoxy) is 2. The number of hydrogen-bond acceptors (Lipinski definition) is 4. The second kappa shape index (κ2) is 7.66. The average Bonchev–Trinajstić information content (AvgIpc) is 3.31. The molecule has 1 atom stereocenters. The minimum Gasteiger partial charge on any atom is -0.496 e. The van der Waals surface area contributed by atoms with Crippen molar-refractivity contribution in [2.75, 3.05) is 33.9 Å². The van der Waals surface area contributed by atoms with Gasteiger partial charge in [0.2, 0.25) is 0 Å². The van der Waals surface area contributed by atoms with Crippen LogP contribution in [0.5, 0.6) is 11.5 Å². The quantitative estimate of drug-likeness (QED) is 0.759. The van der Waals surface area contributed by atoms with Crippen LogP contribution in [0.25, 0.3) is 0 Å². The molecule has 4 heteroatoms. The predicted octanol–water partition coefficient (Wildman–Crippen LogP) is 2.84. The van der Waals surface area contributed by atoms with Crippen molar-refractivity contribution in [1.29, 1.82) is 0 Å². The number of hydrogen-bond donors (Lipinski definition) is 1. The van der Waals surface area contributed by atoms with Crippen molar-refractivity contribution >= 4 is 0 Å². The van der Waals surface area contributed by atoms with Crippen molar-refractivity contribution in [3.63, 3.8) is 0 Å². The Morgan fingerprint density at radius 1 is 1.33 bits per heavy atom. The van der Waals surface area contributed by atoms with Gasteiger partial charge in [-0.05, 0) is 45.5 Å². The zero-order valence-electron chi connectivity index (χ0n) is 13.7. The summed E-state index contributed by atoms with van der Waals surface area (Å²) in [6, 6.07) is 7.00. The fraction of sp³-hybridized carbons (Fsp3) is 0.647. The molecular weight excluding hydrogens is 264 g/mol. The molecule has 0 heterocycles. The van der Waals surface area contributed by atoms with Gasteiger partial charge in [0, 0.05) is 18.6 Å². The van der Waals surface area contributed by atoms with E-state index in [0.717, 1.165) is 36.2 Å². The lowest BCUT2D eigenvalue weighted by Gasteiger charge is -2.22. The van der Waals surface area contributed by atoms with Crippen molar-refractivity contribution in [3.05, 3.63) is 23.8 Å². The number of nitrogens with one attached hydrogen (secondary N) is 1. The zero-order chi connectivity index (χ0) is 15.2. The maximum absolute atomic E-state index is 6.03. The maximum atomic E-state index is 6.03. The van der Waals surface area contributed by atoms with E-state index in [9.17, 15) is 0 Å². The van der Waals surface area contributed by atoms with Gasteiger partial charge in [-0.25, -0.2) is 0 Å². The second-order valence-electron chi connectivity index (χ2n) is 5.71. The molecule has 0 saturated heterocycles. The summed E-state index contributed by atoms with van der Waals surface area (Å²) in [5.74, 6) is 1.81. The molecule has 21 heavy (non-hydrogen) atoms. The van der Waals surface area contributed by atoms with Crippen LogP contribution in [-0.2, 0) is 0 Å². The van der Waals surface area contributed by atoms with Crippen LogP contribution in [-0.4, -0.2) is 44.8 Å². The molecular formula is C17H28N2O2. The highest BCUT2D eigenvalue weighted by Crippen LogP contribution is 2.34. The first-order valence-electron chi connectivity index (χ1n) is 7.90. The third-order valence-corrected chi connectivity index (χ3v) is 4.06. The number of likely N-dealkylation sites (N-methyl/N-ethyl adjacent to an activating group) is 1. The van der Waals surface area contributed by atoms with Crippen molar-refractivity contribution in [1.82, 2.24) is 10.2 Å². The molecule has 1 saturated carbocycles. The molecule has 0 bridgehead atoms. The van der Waals surface area contributed by atoms with Crippen LogP contribution >= 0.6 is 0 Å². The van der Waals surface area contributed by atoms with Gasteiger partial charge < -0.3 is 19.7 Å².